The summed E-state index contributed by atoms with van der Waals surface area (Å²) >= 11 is 0. The van der Waals surface area contributed by atoms with Crippen LogP contribution >= 0.6 is 0 Å². The lowest BCUT2D eigenvalue weighted by molar-refractivity contribution is 0.102. The van der Waals surface area contributed by atoms with Crippen LogP contribution in [0.3, 0.4) is 0 Å². The fourth-order valence-electron chi connectivity index (χ4n) is 4.39. The van der Waals surface area contributed by atoms with Gasteiger partial charge in [0.05, 0.1) is 49.4 Å². The van der Waals surface area contributed by atoms with Crippen LogP contribution in [-0.4, -0.2) is 53.4 Å². The molecule has 170 valence electrons. The summed E-state index contributed by atoms with van der Waals surface area (Å²) in [5.74, 6) is 0.366. The molecule has 1 unspecified atom stereocenters. The lowest BCUT2D eigenvalue weighted by atomic mass is 9.73. The van der Waals surface area contributed by atoms with E-state index in [0.717, 1.165) is 30.1 Å². The van der Waals surface area contributed by atoms with Crippen molar-refractivity contribution in [2.24, 2.45) is 11.3 Å². The van der Waals surface area contributed by atoms with Crippen molar-refractivity contribution in [2.45, 2.75) is 20.3 Å². The van der Waals surface area contributed by atoms with E-state index >= 15 is 0 Å². The Bertz CT molecular complexity index is 1240. The lowest BCUT2D eigenvalue weighted by Gasteiger charge is -2.38. The Morgan fingerprint density at radius 1 is 1.33 bits per heavy atom. The standard InChI is InChI=1S/C24H26N6O3/c1-16(13-25)24(2)12-17-10-19(20(11-21(17)33-15-24)29-6-8-32-9-7-29)28-23(31)18-14-27-30-5-3-4-26-22(18)30/h3-5,10-11,14,16H,6-9,12,15H2,1-2H3,(H,28,31)/t16?,24-/m1/s1. The van der Waals surface area contributed by atoms with Crippen LogP contribution < -0.4 is 15.0 Å². The number of amides is 1. The van der Waals surface area contributed by atoms with E-state index in [-0.39, 0.29) is 17.2 Å². The predicted molar refractivity (Wildman–Crippen MR) is 122 cm³/mol. The first-order valence-corrected chi connectivity index (χ1v) is 11.1. The summed E-state index contributed by atoms with van der Waals surface area (Å²) in [6.45, 7) is 7.19. The van der Waals surface area contributed by atoms with Crippen LogP contribution in [-0.2, 0) is 11.2 Å². The average molecular weight is 447 g/mol. The van der Waals surface area contributed by atoms with E-state index < -0.39 is 0 Å². The number of carbonyl (C=O) groups excluding carboxylic acids is 1. The topological polar surface area (TPSA) is 105 Å². The molecule has 33 heavy (non-hydrogen) atoms. The molecular weight excluding hydrogens is 420 g/mol. The minimum atomic E-state index is -0.296. The first kappa shape index (κ1) is 21.2. The Labute approximate surface area is 191 Å². The summed E-state index contributed by atoms with van der Waals surface area (Å²) in [4.78, 5) is 19.7. The molecule has 0 bridgehead atoms. The molecule has 2 aromatic heterocycles. The number of rotatable bonds is 4. The molecule has 0 radical (unpaired) electrons. The number of benzene rings is 1. The van der Waals surface area contributed by atoms with Gasteiger partial charge >= 0.3 is 0 Å². The molecule has 0 spiro atoms. The second-order valence-corrected chi connectivity index (χ2v) is 8.95. The maximum absolute atomic E-state index is 13.3. The molecular formula is C24H26N6O3. The number of anilines is 2. The van der Waals surface area contributed by atoms with E-state index in [1.165, 1.54) is 6.20 Å². The van der Waals surface area contributed by atoms with Crippen molar-refractivity contribution in [1.82, 2.24) is 14.6 Å². The van der Waals surface area contributed by atoms with Gasteiger partial charge in [-0.1, -0.05) is 6.92 Å². The van der Waals surface area contributed by atoms with Crippen molar-refractivity contribution in [3.05, 3.63) is 47.9 Å². The fourth-order valence-corrected chi connectivity index (χ4v) is 4.39. The van der Waals surface area contributed by atoms with Gasteiger partial charge < -0.3 is 19.7 Å². The molecule has 2 atom stereocenters. The summed E-state index contributed by atoms with van der Waals surface area (Å²) in [6, 6.07) is 8.11. The largest absolute Gasteiger partial charge is 0.493 e. The summed E-state index contributed by atoms with van der Waals surface area (Å²) in [6.07, 6.45) is 5.62. The van der Waals surface area contributed by atoms with Gasteiger partial charge in [0.1, 0.15) is 11.3 Å². The maximum atomic E-state index is 13.3. The van der Waals surface area contributed by atoms with Gasteiger partial charge in [-0.15, -0.1) is 0 Å². The molecule has 1 N–H and O–H groups in total. The first-order chi connectivity index (χ1) is 16.0. The molecule has 0 saturated carbocycles. The highest BCUT2D eigenvalue weighted by Crippen LogP contribution is 2.43. The molecule has 9 nitrogen and oxygen atoms in total. The molecule has 5 rings (SSSR count). The number of carbonyl (C=O) groups is 1. The van der Waals surface area contributed by atoms with E-state index in [0.29, 0.717) is 43.1 Å². The third kappa shape index (κ3) is 3.87. The number of nitriles is 1. The Kier molecular flexibility index (Phi) is 5.38. The monoisotopic (exact) mass is 446 g/mol. The predicted octanol–water partition coefficient (Wildman–Crippen LogP) is 2.92. The lowest BCUT2D eigenvalue weighted by Crippen LogP contribution is -2.38. The number of aromatic nitrogens is 3. The number of ether oxygens (including phenoxy) is 2. The molecule has 1 aromatic carbocycles. The van der Waals surface area contributed by atoms with E-state index in [2.05, 4.69) is 33.3 Å². The molecule has 2 aliphatic rings. The van der Waals surface area contributed by atoms with Crippen LogP contribution in [0.15, 0.2) is 36.8 Å². The van der Waals surface area contributed by atoms with E-state index in [4.69, 9.17) is 9.47 Å². The van der Waals surface area contributed by atoms with Gasteiger partial charge in [0.15, 0.2) is 5.65 Å². The molecule has 1 fully saturated rings. The molecule has 3 aromatic rings. The van der Waals surface area contributed by atoms with Crippen molar-refractivity contribution in [3.63, 3.8) is 0 Å². The Morgan fingerprint density at radius 2 is 2.15 bits per heavy atom. The van der Waals surface area contributed by atoms with Gasteiger partial charge in [-0.25, -0.2) is 9.50 Å². The SMILES string of the molecule is CC(C#N)[C@@]1(C)COc2cc(N3CCOCC3)c(NC(=O)c3cnn4cccnc34)cc2C1. The summed E-state index contributed by atoms with van der Waals surface area (Å²) < 4.78 is 13.2. The second kappa shape index (κ2) is 8.37. The zero-order valence-corrected chi connectivity index (χ0v) is 18.7. The molecule has 0 aliphatic carbocycles. The van der Waals surface area contributed by atoms with Gasteiger partial charge in [0.25, 0.3) is 5.91 Å². The third-order valence-electron chi connectivity index (χ3n) is 6.69. The number of nitrogens with zero attached hydrogens (tertiary/aromatic N) is 5. The van der Waals surface area contributed by atoms with Crippen molar-refractivity contribution < 1.29 is 14.3 Å². The van der Waals surface area contributed by atoms with Gasteiger partial charge in [0, 0.05) is 37.0 Å². The van der Waals surface area contributed by atoms with Crippen molar-refractivity contribution in [3.8, 4) is 11.8 Å². The van der Waals surface area contributed by atoms with Gasteiger partial charge in [-0.3, -0.25) is 4.79 Å². The molecule has 1 amide bonds. The van der Waals surface area contributed by atoms with Crippen LogP contribution in [0.25, 0.3) is 5.65 Å². The fraction of sp³-hybridized carbons (Fsp3) is 0.417. The number of nitrogens with one attached hydrogen (secondary N) is 1. The average Bonchev–Trinajstić information content (AvgIpc) is 3.28. The molecule has 9 heteroatoms. The van der Waals surface area contributed by atoms with Crippen molar-refractivity contribution in [1.29, 1.82) is 5.26 Å². The van der Waals surface area contributed by atoms with Crippen LogP contribution in [0, 0.1) is 22.7 Å². The van der Waals surface area contributed by atoms with E-state index in [9.17, 15) is 10.1 Å². The van der Waals surface area contributed by atoms with Gasteiger partial charge in [-0.05, 0) is 31.0 Å². The number of hydrogen-bond donors (Lipinski definition) is 1. The first-order valence-electron chi connectivity index (χ1n) is 11.1. The molecule has 1 saturated heterocycles. The van der Waals surface area contributed by atoms with Gasteiger partial charge in [0.2, 0.25) is 0 Å². The summed E-state index contributed by atoms with van der Waals surface area (Å²) in [5.41, 5.74) is 3.19. The van der Waals surface area contributed by atoms with Gasteiger partial charge in [-0.2, -0.15) is 10.4 Å². The highest BCUT2D eigenvalue weighted by molar-refractivity contribution is 6.09. The number of hydrogen-bond acceptors (Lipinski definition) is 7. The maximum Gasteiger partial charge on any atom is 0.261 e. The molecule has 4 heterocycles. The normalized spacial score (nSPS) is 21.1. The second-order valence-electron chi connectivity index (χ2n) is 8.95. The van der Waals surface area contributed by atoms with Crippen LogP contribution in [0.1, 0.15) is 29.8 Å². The van der Waals surface area contributed by atoms with E-state index in [1.807, 2.05) is 19.1 Å². The Hall–Kier alpha value is -3.64. The van der Waals surface area contributed by atoms with Crippen molar-refractivity contribution >= 4 is 22.9 Å². The highest BCUT2D eigenvalue weighted by atomic mass is 16.5. The van der Waals surface area contributed by atoms with Crippen LogP contribution in [0.4, 0.5) is 11.4 Å². The number of morpholine rings is 1. The summed E-state index contributed by atoms with van der Waals surface area (Å²) in [5, 5.41) is 16.8. The highest BCUT2D eigenvalue weighted by Gasteiger charge is 2.37. The van der Waals surface area contributed by atoms with Crippen LogP contribution in [0.2, 0.25) is 0 Å². The van der Waals surface area contributed by atoms with Crippen molar-refractivity contribution in [2.75, 3.05) is 43.1 Å². The zero-order chi connectivity index (χ0) is 23.0. The minimum Gasteiger partial charge on any atom is -0.493 e. The summed E-state index contributed by atoms with van der Waals surface area (Å²) in [7, 11) is 0. The quantitative estimate of drug-likeness (QED) is 0.657. The van der Waals surface area contributed by atoms with E-state index in [1.54, 1.807) is 23.0 Å². The zero-order valence-electron chi connectivity index (χ0n) is 18.7. The number of fused-ring (bicyclic) bond motifs is 2. The Balaban J connectivity index is 1.52. The smallest absolute Gasteiger partial charge is 0.261 e. The van der Waals surface area contributed by atoms with Crippen LogP contribution in [0.5, 0.6) is 5.75 Å². The minimum absolute atomic E-state index is 0.160. The Morgan fingerprint density at radius 3 is 2.94 bits per heavy atom. The molecule has 2 aliphatic heterocycles. The third-order valence-corrected chi connectivity index (χ3v) is 6.69.